The largest absolute Gasteiger partial charge is 0.501 e. The molecule has 0 aromatic rings. The fraction of sp³-hybridized carbons (Fsp3) is 1.00. The van der Waals surface area contributed by atoms with Crippen molar-refractivity contribution in [2.24, 2.45) is 0 Å². The molecule has 0 amide bonds. The average molecular weight is 339 g/mol. The molecule has 134 valence electrons. The highest BCUT2D eigenvalue weighted by Gasteiger charge is 2.40. The molecule has 0 heterocycles. The Morgan fingerprint density at radius 2 is 1.36 bits per heavy atom. The van der Waals surface area contributed by atoms with Crippen LogP contribution in [0.2, 0.25) is 6.04 Å². The Bertz CT molecular complexity index is 220. The summed E-state index contributed by atoms with van der Waals surface area (Å²) in [6.07, 6.45) is 2.73. The number of ether oxygens (including phenoxy) is 1. The lowest BCUT2D eigenvalue weighted by Gasteiger charge is -2.29. The lowest BCUT2D eigenvalue weighted by atomic mass is 10.4. The highest BCUT2D eigenvalue weighted by molar-refractivity contribution is 6.60. The maximum atomic E-state index is 9.23. The summed E-state index contributed by atoms with van der Waals surface area (Å²) in [5.74, 6) is 0. The third-order valence-electron chi connectivity index (χ3n) is 2.87. The van der Waals surface area contributed by atoms with Crippen LogP contribution in [-0.4, -0.2) is 64.8 Å². The van der Waals surface area contributed by atoms with Crippen molar-refractivity contribution >= 4 is 8.80 Å². The second-order valence-corrected chi connectivity index (χ2v) is 7.98. The van der Waals surface area contributed by atoms with Crippen molar-refractivity contribution in [2.75, 3.05) is 39.6 Å². The molecular formula is C15H34O6Si. The van der Waals surface area contributed by atoms with Crippen LogP contribution in [-0.2, 0) is 18.0 Å². The minimum Gasteiger partial charge on any atom is -0.394 e. The molecule has 1 unspecified atom stereocenters. The molecule has 6 nitrogen and oxygen atoms in total. The molecule has 0 aromatic heterocycles. The maximum Gasteiger partial charge on any atom is 0.501 e. The molecule has 0 aliphatic rings. The van der Waals surface area contributed by atoms with Gasteiger partial charge in [-0.1, -0.05) is 20.8 Å². The van der Waals surface area contributed by atoms with Crippen molar-refractivity contribution in [1.82, 2.24) is 0 Å². The van der Waals surface area contributed by atoms with Gasteiger partial charge in [-0.25, -0.2) is 0 Å². The molecule has 1 atom stereocenters. The van der Waals surface area contributed by atoms with Crippen LogP contribution in [0, 0.1) is 0 Å². The number of hydrogen-bond donors (Lipinski definition) is 2. The maximum absolute atomic E-state index is 9.23. The minimum atomic E-state index is -2.64. The molecule has 0 saturated carbocycles. The summed E-state index contributed by atoms with van der Waals surface area (Å²) >= 11 is 0. The van der Waals surface area contributed by atoms with E-state index in [0.717, 1.165) is 25.7 Å². The first kappa shape index (κ1) is 22.0. The van der Waals surface area contributed by atoms with Gasteiger partial charge in [-0.3, -0.25) is 0 Å². The van der Waals surface area contributed by atoms with E-state index in [1.165, 1.54) is 0 Å². The minimum absolute atomic E-state index is 0.145. The summed E-state index contributed by atoms with van der Waals surface area (Å²) in [5.41, 5.74) is 0. The summed E-state index contributed by atoms with van der Waals surface area (Å²) in [5, 5.41) is 18.0. The number of aliphatic hydroxyl groups excluding tert-OH is 2. The first-order chi connectivity index (χ1) is 10.6. The Labute approximate surface area is 136 Å². The molecule has 2 N–H and O–H groups in total. The van der Waals surface area contributed by atoms with Gasteiger partial charge in [0.2, 0.25) is 0 Å². The van der Waals surface area contributed by atoms with Gasteiger partial charge in [-0.05, 0) is 25.7 Å². The normalized spacial score (nSPS) is 13.5. The van der Waals surface area contributed by atoms with Crippen molar-refractivity contribution in [3.05, 3.63) is 0 Å². The first-order valence-corrected chi connectivity index (χ1v) is 10.4. The standard InChI is InChI=1S/C15H34O6Si/c1-4-8-19-22(20-9-5-2,21-10-6-3)12-7-11-18-14-15(17)13-16/h15-17H,4-14H2,1-3H3. The summed E-state index contributed by atoms with van der Waals surface area (Å²) in [6.45, 7) is 8.49. The fourth-order valence-electron chi connectivity index (χ4n) is 1.78. The predicted octanol–water partition coefficient (Wildman–Crippen LogP) is 1.96. The van der Waals surface area contributed by atoms with Crippen molar-refractivity contribution in [1.29, 1.82) is 0 Å². The fourth-order valence-corrected chi connectivity index (χ4v) is 4.58. The van der Waals surface area contributed by atoms with Crippen LogP contribution >= 0.6 is 0 Å². The molecule has 0 aromatic carbocycles. The number of rotatable bonds is 16. The average Bonchev–Trinajstić information content (AvgIpc) is 2.55. The zero-order valence-corrected chi connectivity index (χ0v) is 15.4. The van der Waals surface area contributed by atoms with E-state index in [0.29, 0.717) is 32.5 Å². The van der Waals surface area contributed by atoms with Gasteiger partial charge >= 0.3 is 8.80 Å². The van der Waals surface area contributed by atoms with Gasteiger partial charge in [-0.15, -0.1) is 0 Å². The molecule has 0 fully saturated rings. The number of aliphatic hydroxyl groups is 2. The smallest absolute Gasteiger partial charge is 0.394 e. The van der Waals surface area contributed by atoms with Gasteiger partial charge in [0.15, 0.2) is 0 Å². The summed E-state index contributed by atoms with van der Waals surface area (Å²) in [7, 11) is -2.64. The molecule has 0 aliphatic heterocycles. The Kier molecular flexibility index (Phi) is 14.5. The molecule has 0 rings (SSSR count). The van der Waals surface area contributed by atoms with Crippen LogP contribution in [0.15, 0.2) is 0 Å². The predicted molar refractivity (Wildman–Crippen MR) is 87.8 cm³/mol. The van der Waals surface area contributed by atoms with E-state index < -0.39 is 14.9 Å². The van der Waals surface area contributed by atoms with E-state index >= 15 is 0 Å². The second-order valence-electron chi connectivity index (χ2n) is 5.24. The summed E-state index contributed by atoms with van der Waals surface area (Å²) in [6, 6.07) is 0.711. The third-order valence-corrected chi connectivity index (χ3v) is 5.77. The molecule has 0 aliphatic carbocycles. The van der Waals surface area contributed by atoms with E-state index in [1.54, 1.807) is 0 Å². The molecular weight excluding hydrogens is 304 g/mol. The van der Waals surface area contributed by atoms with Gasteiger partial charge < -0.3 is 28.2 Å². The van der Waals surface area contributed by atoms with Crippen LogP contribution in [0.3, 0.4) is 0 Å². The molecule has 0 saturated heterocycles. The highest BCUT2D eigenvalue weighted by atomic mass is 28.4. The van der Waals surface area contributed by atoms with Gasteiger partial charge in [0, 0.05) is 32.5 Å². The SMILES string of the molecule is CCCO[Si](CCCOCC(O)CO)(OCCC)OCCC. The van der Waals surface area contributed by atoms with Crippen LogP contribution in [0.1, 0.15) is 46.5 Å². The van der Waals surface area contributed by atoms with E-state index in [4.69, 9.17) is 23.1 Å². The monoisotopic (exact) mass is 338 g/mol. The van der Waals surface area contributed by atoms with Gasteiger partial charge in [0.05, 0.1) is 13.2 Å². The third kappa shape index (κ3) is 10.7. The van der Waals surface area contributed by atoms with Crippen LogP contribution in [0.4, 0.5) is 0 Å². The Morgan fingerprint density at radius 3 is 1.77 bits per heavy atom. The van der Waals surface area contributed by atoms with Gasteiger partial charge in [-0.2, -0.15) is 0 Å². The Morgan fingerprint density at radius 1 is 0.864 bits per heavy atom. The number of hydrogen-bond acceptors (Lipinski definition) is 6. The topological polar surface area (TPSA) is 77.4 Å². The van der Waals surface area contributed by atoms with E-state index in [9.17, 15) is 5.11 Å². The van der Waals surface area contributed by atoms with Gasteiger partial charge in [0.1, 0.15) is 6.10 Å². The highest BCUT2D eigenvalue weighted by Crippen LogP contribution is 2.19. The van der Waals surface area contributed by atoms with Crippen molar-refractivity contribution in [2.45, 2.75) is 58.6 Å². The van der Waals surface area contributed by atoms with E-state index in [2.05, 4.69) is 20.8 Å². The van der Waals surface area contributed by atoms with Crippen LogP contribution < -0.4 is 0 Å². The quantitative estimate of drug-likeness (QED) is 0.331. The lowest BCUT2D eigenvalue weighted by Crippen LogP contribution is -2.46. The molecule has 0 radical (unpaired) electrons. The van der Waals surface area contributed by atoms with E-state index in [-0.39, 0.29) is 13.2 Å². The van der Waals surface area contributed by atoms with Crippen LogP contribution in [0.25, 0.3) is 0 Å². The molecule has 22 heavy (non-hydrogen) atoms. The summed E-state index contributed by atoms with van der Waals surface area (Å²) in [4.78, 5) is 0. The summed E-state index contributed by atoms with van der Waals surface area (Å²) < 4.78 is 23.3. The molecule has 7 heteroatoms. The Hall–Kier alpha value is -0.0231. The molecule has 0 bridgehead atoms. The Balaban J connectivity index is 4.32. The van der Waals surface area contributed by atoms with Gasteiger partial charge in [0.25, 0.3) is 0 Å². The zero-order chi connectivity index (χ0) is 16.7. The molecule has 0 spiro atoms. The second kappa shape index (κ2) is 14.6. The first-order valence-electron chi connectivity index (χ1n) is 8.42. The van der Waals surface area contributed by atoms with E-state index in [1.807, 2.05) is 0 Å². The van der Waals surface area contributed by atoms with Crippen molar-refractivity contribution in [3.8, 4) is 0 Å². The lowest BCUT2D eigenvalue weighted by molar-refractivity contribution is 0.00431. The zero-order valence-electron chi connectivity index (χ0n) is 14.4. The van der Waals surface area contributed by atoms with Crippen molar-refractivity contribution < 1.29 is 28.2 Å². The van der Waals surface area contributed by atoms with Crippen LogP contribution in [0.5, 0.6) is 0 Å². The van der Waals surface area contributed by atoms with Crippen molar-refractivity contribution in [3.63, 3.8) is 0 Å².